The van der Waals surface area contributed by atoms with Gasteiger partial charge in [0.05, 0.1) is 12.7 Å². The van der Waals surface area contributed by atoms with Gasteiger partial charge in [-0.25, -0.2) is 4.79 Å². The number of methoxy groups -OCH3 is 1. The van der Waals surface area contributed by atoms with Crippen molar-refractivity contribution in [2.24, 2.45) is 0 Å². The molecule has 0 heterocycles. The van der Waals surface area contributed by atoms with Crippen LogP contribution in [0.25, 0.3) is 0 Å². The van der Waals surface area contributed by atoms with E-state index in [0.29, 0.717) is 5.56 Å². The molecule has 0 radical (unpaired) electrons. The SMILES string of the molecule is COC(=O)c1cc(C)c(Cl)c2c1CCC2. The fraction of sp³-hybridized carbons (Fsp3) is 0.417. The van der Waals surface area contributed by atoms with Gasteiger partial charge in [-0.05, 0) is 48.9 Å². The standard InChI is InChI=1S/C12H13ClO2/c1-7-6-10(12(14)15-2)8-4-3-5-9(8)11(7)13/h6H,3-5H2,1-2H3. The van der Waals surface area contributed by atoms with Crippen LogP contribution >= 0.6 is 11.6 Å². The van der Waals surface area contributed by atoms with Crippen LogP contribution in [0.5, 0.6) is 0 Å². The highest BCUT2D eigenvalue weighted by Gasteiger charge is 2.23. The monoisotopic (exact) mass is 224 g/mol. The summed E-state index contributed by atoms with van der Waals surface area (Å²) in [6, 6.07) is 1.83. The van der Waals surface area contributed by atoms with Crippen molar-refractivity contribution in [3.63, 3.8) is 0 Å². The average molecular weight is 225 g/mol. The third-order valence-electron chi connectivity index (χ3n) is 2.92. The molecule has 0 aliphatic heterocycles. The Morgan fingerprint density at radius 1 is 1.40 bits per heavy atom. The van der Waals surface area contributed by atoms with E-state index >= 15 is 0 Å². The number of benzene rings is 1. The zero-order valence-electron chi connectivity index (χ0n) is 8.89. The Balaban J connectivity index is 2.62. The molecule has 0 bridgehead atoms. The van der Waals surface area contributed by atoms with Crippen LogP contribution in [-0.4, -0.2) is 13.1 Å². The Morgan fingerprint density at radius 2 is 2.07 bits per heavy atom. The van der Waals surface area contributed by atoms with Gasteiger partial charge in [-0.3, -0.25) is 0 Å². The third-order valence-corrected chi connectivity index (χ3v) is 3.45. The lowest BCUT2D eigenvalue weighted by Gasteiger charge is -2.10. The maximum atomic E-state index is 11.6. The summed E-state index contributed by atoms with van der Waals surface area (Å²) in [5.74, 6) is -0.257. The van der Waals surface area contributed by atoms with Crippen LogP contribution in [0.1, 0.15) is 33.5 Å². The Bertz CT molecular complexity index is 424. The molecular formula is C12H13ClO2. The van der Waals surface area contributed by atoms with Crippen molar-refractivity contribution in [1.82, 2.24) is 0 Å². The Labute approximate surface area is 94.2 Å². The first-order valence-electron chi connectivity index (χ1n) is 5.04. The topological polar surface area (TPSA) is 26.3 Å². The second kappa shape index (κ2) is 3.86. The summed E-state index contributed by atoms with van der Waals surface area (Å²) in [6.07, 6.45) is 2.97. The number of hydrogen-bond acceptors (Lipinski definition) is 2. The number of carbonyl (C=O) groups is 1. The highest BCUT2D eigenvalue weighted by atomic mass is 35.5. The normalized spacial score (nSPS) is 13.8. The molecule has 0 saturated carbocycles. The van der Waals surface area contributed by atoms with Crippen molar-refractivity contribution < 1.29 is 9.53 Å². The van der Waals surface area contributed by atoms with Gasteiger partial charge in [0.1, 0.15) is 0 Å². The molecule has 1 aromatic carbocycles. The molecule has 0 atom stereocenters. The van der Waals surface area contributed by atoms with Gasteiger partial charge in [-0.2, -0.15) is 0 Å². The summed E-state index contributed by atoms with van der Waals surface area (Å²) in [5.41, 5.74) is 3.86. The molecule has 1 aliphatic carbocycles. The quantitative estimate of drug-likeness (QED) is 0.686. The summed E-state index contributed by atoms with van der Waals surface area (Å²) >= 11 is 6.21. The summed E-state index contributed by atoms with van der Waals surface area (Å²) in [6.45, 7) is 1.92. The number of carbonyl (C=O) groups excluding carboxylic acids is 1. The Kier molecular flexibility index (Phi) is 2.70. The van der Waals surface area contributed by atoms with E-state index < -0.39 is 0 Å². The highest BCUT2D eigenvalue weighted by Crippen LogP contribution is 2.34. The molecule has 1 aromatic rings. The van der Waals surface area contributed by atoms with E-state index in [1.54, 1.807) is 0 Å². The van der Waals surface area contributed by atoms with Crippen molar-refractivity contribution in [3.8, 4) is 0 Å². The van der Waals surface area contributed by atoms with Crippen LogP contribution in [-0.2, 0) is 17.6 Å². The van der Waals surface area contributed by atoms with Crippen molar-refractivity contribution in [2.75, 3.05) is 7.11 Å². The molecule has 0 amide bonds. The lowest BCUT2D eigenvalue weighted by atomic mass is 10.00. The van der Waals surface area contributed by atoms with Crippen LogP contribution in [0.3, 0.4) is 0 Å². The Hall–Kier alpha value is -1.02. The lowest BCUT2D eigenvalue weighted by molar-refractivity contribution is 0.0599. The number of halogens is 1. The van der Waals surface area contributed by atoms with E-state index in [9.17, 15) is 4.79 Å². The van der Waals surface area contributed by atoms with E-state index in [1.807, 2.05) is 13.0 Å². The number of esters is 1. The molecule has 0 fully saturated rings. The zero-order chi connectivity index (χ0) is 11.0. The molecule has 3 heteroatoms. The van der Waals surface area contributed by atoms with Crippen LogP contribution in [0, 0.1) is 6.92 Å². The fourth-order valence-electron chi connectivity index (χ4n) is 2.18. The Morgan fingerprint density at radius 3 is 2.73 bits per heavy atom. The van der Waals surface area contributed by atoms with Gasteiger partial charge in [0.15, 0.2) is 0 Å². The second-order valence-electron chi connectivity index (χ2n) is 3.86. The van der Waals surface area contributed by atoms with Gasteiger partial charge in [0, 0.05) is 5.02 Å². The third kappa shape index (κ3) is 1.63. The fourth-order valence-corrected chi connectivity index (χ4v) is 2.44. The largest absolute Gasteiger partial charge is 0.465 e. The van der Waals surface area contributed by atoms with Crippen LogP contribution < -0.4 is 0 Å². The first kappa shape index (κ1) is 10.5. The highest BCUT2D eigenvalue weighted by molar-refractivity contribution is 6.32. The molecule has 2 nitrogen and oxygen atoms in total. The molecule has 0 saturated heterocycles. The molecule has 0 spiro atoms. The minimum absolute atomic E-state index is 0.257. The van der Waals surface area contributed by atoms with E-state index in [1.165, 1.54) is 7.11 Å². The minimum Gasteiger partial charge on any atom is -0.465 e. The zero-order valence-corrected chi connectivity index (χ0v) is 9.65. The maximum Gasteiger partial charge on any atom is 0.338 e. The first-order chi connectivity index (χ1) is 7.15. The average Bonchev–Trinajstić information content (AvgIpc) is 2.71. The predicted octanol–water partition coefficient (Wildman–Crippen LogP) is 2.92. The minimum atomic E-state index is -0.257. The molecule has 0 unspecified atom stereocenters. The maximum absolute atomic E-state index is 11.6. The second-order valence-corrected chi connectivity index (χ2v) is 4.24. The molecular weight excluding hydrogens is 212 g/mol. The van der Waals surface area contributed by atoms with E-state index in [-0.39, 0.29) is 5.97 Å². The van der Waals surface area contributed by atoms with Gasteiger partial charge >= 0.3 is 5.97 Å². The van der Waals surface area contributed by atoms with E-state index in [2.05, 4.69) is 0 Å². The number of aryl methyl sites for hydroxylation is 1. The van der Waals surface area contributed by atoms with Crippen LogP contribution in [0.15, 0.2) is 6.07 Å². The van der Waals surface area contributed by atoms with Crippen molar-refractivity contribution in [3.05, 3.63) is 33.3 Å². The molecule has 2 rings (SSSR count). The summed E-state index contributed by atoms with van der Waals surface area (Å²) in [7, 11) is 1.41. The molecule has 0 N–H and O–H groups in total. The number of fused-ring (bicyclic) bond motifs is 1. The van der Waals surface area contributed by atoms with Crippen LogP contribution in [0.2, 0.25) is 5.02 Å². The van der Waals surface area contributed by atoms with Gasteiger partial charge in [-0.15, -0.1) is 0 Å². The molecule has 0 aromatic heterocycles. The number of ether oxygens (including phenoxy) is 1. The van der Waals surface area contributed by atoms with E-state index in [0.717, 1.165) is 41.0 Å². The first-order valence-corrected chi connectivity index (χ1v) is 5.42. The van der Waals surface area contributed by atoms with Gasteiger partial charge in [0.25, 0.3) is 0 Å². The number of hydrogen-bond donors (Lipinski definition) is 0. The molecule has 1 aliphatic rings. The predicted molar refractivity (Wildman–Crippen MR) is 59.6 cm³/mol. The van der Waals surface area contributed by atoms with Crippen molar-refractivity contribution in [1.29, 1.82) is 0 Å². The lowest BCUT2D eigenvalue weighted by Crippen LogP contribution is -2.06. The number of rotatable bonds is 1. The van der Waals surface area contributed by atoms with Gasteiger partial charge in [-0.1, -0.05) is 11.6 Å². The van der Waals surface area contributed by atoms with E-state index in [4.69, 9.17) is 16.3 Å². The summed E-state index contributed by atoms with van der Waals surface area (Å²) in [4.78, 5) is 11.6. The van der Waals surface area contributed by atoms with Crippen molar-refractivity contribution >= 4 is 17.6 Å². The van der Waals surface area contributed by atoms with Crippen LogP contribution in [0.4, 0.5) is 0 Å². The molecule has 80 valence electrons. The summed E-state index contributed by atoms with van der Waals surface area (Å²) in [5, 5.41) is 0.815. The van der Waals surface area contributed by atoms with Gasteiger partial charge in [0.2, 0.25) is 0 Å². The smallest absolute Gasteiger partial charge is 0.338 e. The summed E-state index contributed by atoms with van der Waals surface area (Å²) < 4.78 is 4.77. The van der Waals surface area contributed by atoms with Crippen molar-refractivity contribution in [2.45, 2.75) is 26.2 Å². The van der Waals surface area contributed by atoms with Gasteiger partial charge < -0.3 is 4.74 Å². The molecule has 15 heavy (non-hydrogen) atoms.